The van der Waals surface area contributed by atoms with Gasteiger partial charge in [0.25, 0.3) is 5.91 Å². The Morgan fingerprint density at radius 2 is 2.20 bits per heavy atom. The molecular weight excluding hydrogens is 400 g/mol. The number of carbonyl (C=O) groups is 1. The van der Waals surface area contributed by atoms with Crippen molar-refractivity contribution in [1.29, 1.82) is 0 Å². The molecule has 0 saturated carbocycles. The van der Waals surface area contributed by atoms with Gasteiger partial charge in [-0.2, -0.15) is 5.10 Å². The van der Waals surface area contributed by atoms with E-state index >= 15 is 0 Å². The Morgan fingerprint density at radius 3 is 2.97 bits per heavy atom. The number of ether oxygens (including phenoxy) is 1. The summed E-state index contributed by atoms with van der Waals surface area (Å²) in [7, 11) is 0. The molecule has 1 atom stereocenters. The third kappa shape index (κ3) is 4.77. The number of aromatic nitrogens is 2. The number of nitrogens with one attached hydrogen (secondary N) is 1. The molecule has 1 aliphatic heterocycles. The van der Waals surface area contributed by atoms with E-state index in [2.05, 4.69) is 18.0 Å². The first-order valence-corrected chi connectivity index (χ1v) is 11.1. The molecule has 0 spiro atoms. The highest BCUT2D eigenvalue weighted by atomic mass is 35.5. The van der Waals surface area contributed by atoms with Gasteiger partial charge in [-0.25, -0.2) is 0 Å². The van der Waals surface area contributed by atoms with Crippen LogP contribution in [-0.2, 0) is 30.5 Å². The topological polar surface area (TPSA) is 59.4 Å². The lowest BCUT2D eigenvalue weighted by Crippen LogP contribution is -2.42. The molecule has 1 aliphatic carbocycles. The fourth-order valence-corrected chi connectivity index (χ4v) is 4.55. The zero-order valence-corrected chi connectivity index (χ0v) is 18.0. The van der Waals surface area contributed by atoms with Crippen LogP contribution in [0.5, 0.6) is 0 Å². The lowest BCUT2D eigenvalue weighted by molar-refractivity contribution is 0.0297. The second-order valence-electron chi connectivity index (χ2n) is 7.92. The predicted octanol–water partition coefficient (Wildman–Crippen LogP) is 2.88. The Bertz CT molecular complexity index is 905. The number of fused-ring (bicyclic) bond motifs is 1. The number of allylic oxidation sites excluding steroid dienone is 1. The minimum Gasteiger partial charge on any atom is -0.378 e. The van der Waals surface area contributed by atoms with Gasteiger partial charge in [0.1, 0.15) is 0 Å². The van der Waals surface area contributed by atoms with Crippen LogP contribution in [0.1, 0.15) is 33.7 Å². The molecule has 2 aliphatic rings. The molecule has 6 nitrogen and oxygen atoms in total. The van der Waals surface area contributed by atoms with Gasteiger partial charge in [0.05, 0.1) is 19.8 Å². The molecule has 1 fully saturated rings. The van der Waals surface area contributed by atoms with Crippen molar-refractivity contribution in [3.05, 3.63) is 64.5 Å². The minimum atomic E-state index is 0.0249. The van der Waals surface area contributed by atoms with E-state index in [4.69, 9.17) is 21.4 Å². The molecule has 160 valence electrons. The maximum Gasteiger partial charge on any atom is 0.274 e. The molecule has 1 N–H and O–H groups in total. The van der Waals surface area contributed by atoms with Gasteiger partial charge in [-0.3, -0.25) is 9.48 Å². The number of benzene rings is 1. The first-order valence-electron chi connectivity index (χ1n) is 10.7. The number of amides is 1. The highest BCUT2D eigenvalue weighted by Gasteiger charge is 2.31. The van der Waals surface area contributed by atoms with Gasteiger partial charge in [-0.05, 0) is 49.9 Å². The number of morpholine rings is 1. The Labute approximate surface area is 182 Å². The lowest BCUT2D eigenvalue weighted by atomic mass is 9.91. The minimum absolute atomic E-state index is 0.0249. The Morgan fingerprint density at radius 1 is 1.37 bits per heavy atom. The molecule has 0 radical (unpaired) electrons. The molecule has 2 heterocycles. The van der Waals surface area contributed by atoms with Crippen LogP contribution in [0.4, 0.5) is 0 Å². The smallest absolute Gasteiger partial charge is 0.274 e. The van der Waals surface area contributed by atoms with E-state index in [0.717, 1.165) is 42.8 Å². The summed E-state index contributed by atoms with van der Waals surface area (Å²) in [5, 5.41) is 9.15. The van der Waals surface area contributed by atoms with Crippen molar-refractivity contribution in [2.24, 2.45) is 0 Å². The van der Waals surface area contributed by atoms with Crippen LogP contribution in [0, 0.1) is 0 Å². The number of halogens is 1. The van der Waals surface area contributed by atoms with Crippen molar-refractivity contribution in [2.45, 2.75) is 38.3 Å². The van der Waals surface area contributed by atoms with Crippen LogP contribution in [0.2, 0.25) is 5.02 Å². The number of hydrogen-bond donors (Lipinski definition) is 1. The van der Waals surface area contributed by atoms with Crippen molar-refractivity contribution in [1.82, 2.24) is 20.0 Å². The first kappa shape index (κ1) is 21.1. The van der Waals surface area contributed by atoms with Crippen molar-refractivity contribution in [3.63, 3.8) is 0 Å². The summed E-state index contributed by atoms with van der Waals surface area (Å²) in [5.41, 5.74) is 4.11. The maximum atomic E-state index is 13.2. The third-order valence-corrected chi connectivity index (χ3v) is 6.12. The zero-order chi connectivity index (χ0) is 20.9. The highest BCUT2D eigenvalue weighted by Crippen LogP contribution is 2.26. The number of rotatable bonds is 7. The average Bonchev–Trinajstić information content (AvgIpc) is 3.12. The van der Waals surface area contributed by atoms with Gasteiger partial charge in [0.2, 0.25) is 0 Å². The second-order valence-corrected chi connectivity index (χ2v) is 8.36. The molecule has 1 unspecified atom stereocenters. The summed E-state index contributed by atoms with van der Waals surface area (Å²) in [6, 6.07) is 8.34. The van der Waals surface area contributed by atoms with Gasteiger partial charge in [-0.1, -0.05) is 29.8 Å². The number of hydrogen-bond acceptors (Lipinski definition) is 4. The van der Waals surface area contributed by atoms with Crippen LogP contribution in [0.25, 0.3) is 0 Å². The molecule has 1 amide bonds. The molecular formula is C23H29ClN4O2. The third-order valence-electron chi connectivity index (χ3n) is 5.89. The fourth-order valence-electron chi connectivity index (χ4n) is 4.34. The standard InChI is InChI=1S/C23H29ClN4O2/c1-2-10-28-21-7-6-19(25-9-8-17-4-3-5-18(24)15-17)16-20(21)22(26-28)23(29)27-11-13-30-14-12-27/h2-5,15,19,25H,1,6-14,16H2. The van der Waals surface area contributed by atoms with E-state index in [-0.39, 0.29) is 5.91 Å². The van der Waals surface area contributed by atoms with Crippen molar-refractivity contribution < 1.29 is 9.53 Å². The number of nitrogens with zero attached hydrogens (tertiary/aromatic N) is 3. The molecule has 4 rings (SSSR count). The lowest BCUT2D eigenvalue weighted by Gasteiger charge is -2.28. The van der Waals surface area contributed by atoms with Crippen LogP contribution in [0.3, 0.4) is 0 Å². The summed E-state index contributed by atoms with van der Waals surface area (Å²) in [4.78, 5) is 15.0. The molecule has 2 aromatic rings. The summed E-state index contributed by atoms with van der Waals surface area (Å²) in [5.74, 6) is 0.0249. The summed E-state index contributed by atoms with van der Waals surface area (Å²) < 4.78 is 7.35. The van der Waals surface area contributed by atoms with E-state index in [0.29, 0.717) is 44.6 Å². The van der Waals surface area contributed by atoms with Crippen molar-refractivity contribution in [3.8, 4) is 0 Å². The Hall–Kier alpha value is -2.15. The van der Waals surface area contributed by atoms with Crippen molar-refractivity contribution in [2.75, 3.05) is 32.8 Å². The molecule has 0 bridgehead atoms. The first-order chi connectivity index (χ1) is 14.7. The van der Waals surface area contributed by atoms with Crippen LogP contribution >= 0.6 is 11.6 Å². The van der Waals surface area contributed by atoms with Crippen LogP contribution in [0.15, 0.2) is 36.9 Å². The highest BCUT2D eigenvalue weighted by molar-refractivity contribution is 6.30. The van der Waals surface area contributed by atoms with E-state index in [1.807, 2.05) is 33.9 Å². The second kappa shape index (κ2) is 9.77. The van der Waals surface area contributed by atoms with E-state index in [1.165, 1.54) is 11.3 Å². The number of carbonyl (C=O) groups excluding carboxylic acids is 1. The molecule has 30 heavy (non-hydrogen) atoms. The zero-order valence-electron chi connectivity index (χ0n) is 17.3. The van der Waals surface area contributed by atoms with Gasteiger partial charge in [0, 0.05) is 35.4 Å². The molecule has 1 saturated heterocycles. The summed E-state index contributed by atoms with van der Waals surface area (Å²) in [6.45, 7) is 7.80. The Kier molecular flexibility index (Phi) is 6.87. The largest absolute Gasteiger partial charge is 0.378 e. The van der Waals surface area contributed by atoms with Crippen LogP contribution < -0.4 is 5.32 Å². The maximum absolute atomic E-state index is 13.2. The quantitative estimate of drug-likeness (QED) is 0.689. The SMILES string of the molecule is C=CCn1nc(C(=O)N2CCOCC2)c2c1CCC(NCCc1cccc(Cl)c1)C2. The normalized spacial score (nSPS) is 18.8. The van der Waals surface area contributed by atoms with Crippen LogP contribution in [-0.4, -0.2) is 59.5 Å². The summed E-state index contributed by atoms with van der Waals surface area (Å²) in [6.07, 6.45) is 5.55. The van der Waals surface area contributed by atoms with E-state index in [9.17, 15) is 4.79 Å². The summed E-state index contributed by atoms with van der Waals surface area (Å²) >= 11 is 6.09. The fraction of sp³-hybridized carbons (Fsp3) is 0.478. The van der Waals surface area contributed by atoms with E-state index < -0.39 is 0 Å². The molecule has 1 aromatic carbocycles. The average molecular weight is 429 g/mol. The van der Waals surface area contributed by atoms with Gasteiger partial charge >= 0.3 is 0 Å². The predicted molar refractivity (Wildman–Crippen MR) is 118 cm³/mol. The monoisotopic (exact) mass is 428 g/mol. The Balaban J connectivity index is 1.45. The van der Waals surface area contributed by atoms with E-state index in [1.54, 1.807) is 0 Å². The van der Waals surface area contributed by atoms with Gasteiger partial charge in [0.15, 0.2) is 5.69 Å². The van der Waals surface area contributed by atoms with Gasteiger partial charge < -0.3 is 15.0 Å². The van der Waals surface area contributed by atoms with Crippen molar-refractivity contribution >= 4 is 17.5 Å². The molecule has 1 aromatic heterocycles. The molecule has 7 heteroatoms. The van der Waals surface area contributed by atoms with Gasteiger partial charge in [-0.15, -0.1) is 6.58 Å².